The first-order valence-electron chi connectivity index (χ1n) is 8.58. The van der Waals surface area contributed by atoms with Crippen LogP contribution in [0.15, 0.2) is 24.8 Å². The minimum atomic E-state index is -0.141. The minimum Gasteiger partial charge on any atom is -0.296 e. The molecule has 0 spiro atoms. The Morgan fingerprint density at radius 2 is 1.76 bits per heavy atom. The van der Waals surface area contributed by atoms with Gasteiger partial charge in [0, 0.05) is 17.9 Å². The smallest absolute Gasteiger partial charge is 0.229 e. The molecule has 0 bridgehead atoms. The molecule has 1 aromatic rings. The van der Waals surface area contributed by atoms with E-state index in [2.05, 4.69) is 38.7 Å². The van der Waals surface area contributed by atoms with Crippen LogP contribution in [0.5, 0.6) is 0 Å². The van der Waals surface area contributed by atoms with E-state index in [-0.39, 0.29) is 28.9 Å². The van der Waals surface area contributed by atoms with E-state index in [9.17, 15) is 14.4 Å². The molecule has 0 aliphatic carbocycles. The van der Waals surface area contributed by atoms with Crippen molar-refractivity contribution in [1.82, 2.24) is 5.32 Å². The third-order valence-corrected chi connectivity index (χ3v) is 4.24. The van der Waals surface area contributed by atoms with Gasteiger partial charge in [-0.2, -0.15) is 0 Å². The van der Waals surface area contributed by atoms with Crippen LogP contribution in [0.1, 0.15) is 75.9 Å². The molecule has 1 unspecified atom stereocenters. The highest BCUT2D eigenvalue weighted by Gasteiger charge is 2.21. The van der Waals surface area contributed by atoms with Crippen LogP contribution < -0.4 is 5.32 Å². The molecule has 0 saturated carbocycles. The fourth-order valence-electron chi connectivity index (χ4n) is 2.47. The van der Waals surface area contributed by atoms with E-state index in [0.717, 1.165) is 16.7 Å². The zero-order chi connectivity index (χ0) is 19.4. The number of hydrogen-bond donors (Lipinski definition) is 1. The molecule has 1 fully saturated rings. The Labute approximate surface area is 150 Å². The van der Waals surface area contributed by atoms with Gasteiger partial charge < -0.3 is 0 Å². The molecule has 1 aromatic carbocycles. The Hall–Kier alpha value is -2.23. The Bertz CT molecular complexity index is 696. The van der Waals surface area contributed by atoms with E-state index in [4.69, 9.17) is 0 Å². The van der Waals surface area contributed by atoms with Crippen molar-refractivity contribution in [3.63, 3.8) is 0 Å². The summed E-state index contributed by atoms with van der Waals surface area (Å²) < 4.78 is 0. The monoisotopic (exact) mass is 343 g/mol. The summed E-state index contributed by atoms with van der Waals surface area (Å²) >= 11 is 0. The number of piperidine rings is 1. The van der Waals surface area contributed by atoms with Gasteiger partial charge in [0.15, 0.2) is 5.78 Å². The van der Waals surface area contributed by atoms with Crippen LogP contribution in [0.4, 0.5) is 0 Å². The maximum Gasteiger partial charge on any atom is 0.229 e. The summed E-state index contributed by atoms with van der Waals surface area (Å²) in [5, 5.41) is 2.25. The third-order valence-electron chi connectivity index (χ3n) is 4.24. The molecule has 1 aliphatic rings. The standard InChI is InChI=1S/C15H20O.C6H9NO2/c1-10(2)14-9-12(15(4,5)6)7-8-13(14)11(3)16;1-4-2-3-5(8)7-6(4)9/h7-9H,1H2,2-6H3;4H,2-3H2,1H3,(H,7,8,9). The van der Waals surface area contributed by atoms with Gasteiger partial charge in [-0.1, -0.05) is 58.0 Å². The van der Waals surface area contributed by atoms with Gasteiger partial charge in [0.1, 0.15) is 0 Å². The van der Waals surface area contributed by atoms with Gasteiger partial charge in [-0.15, -0.1) is 0 Å². The molecule has 1 N–H and O–H groups in total. The molecule has 4 nitrogen and oxygen atoms in total. The fourth-order valence-corrected chi connectivity index (χ4v) is 2.47. The molecule has 1 saturated heterocycles. The molecule has 2 rings (SSSR count). The average Bonchev–Trinajstić information content (AvgIpc) is 2.50. The second-order valence-corrected chi connectivity index (χ2v) is 7.70. The molecular formula is C21H29NO3. The number of allylic oxidation sites excluding steroid dienone is 1. The molecule has 0 aromatic heterocycles. The fraction of sp³-hybridized carbons (Fsp3) is 0.476. The van der Waals surface area contributed by atoms with E-state index in [0.29, 0.717) is 12.8 Å². The maximum absolute atomic E-state index is 11.5. The second-order valence-electron chi connectivity index (χ2n) is 7.70. The minimum absolute atomic E-state index is 0.0164. The van der Waals surface area contributed by atoms with E-state index < -0.39 is 0 Å². The van der Waals surface area contributed by atoms with Crippen molar-refractivity contribution < 1.29 is 14.4 Å². The Morgan fingerprint density at radius 3 is 2.16 bits per heavy atom. The van der Waals surface area contributed by atoms with Crippen LogP contribution in [0.2, 0.25) is 0 Å². The number of rotatable bonds is 2. The summed E-state index contributed by atoms with van der Waals surface area (Å²) in [6.07, 6.45) is 1.19. The lowest BCUT2D eigenvalue weighted by atomic mass is 9.84. The lowest BCUT2D eigenvalue weighted by molar-refractivity contribution is -0.135. The van der Waals surface area contributed by atoms with E-state index in [1.807, 2.05) is 26.0 Å². The molecule has 1 heterocycles. The third kappa shape index (κ3) is 5.96. The number of amides is 2. The number of hydrogen-bond acceptors (Lipinski definition) is 3. The number of carbonyl (C=O) groups is 3. The van der Waals surface area contributed by atoms with Crippen molar-refractivity contribution in [1.29, 1.82) is 0 Å². The summed E-state index contributed by atoms with van der Waals surface area (Å²) in [5.41, 5.74) is 4.01. The predicted molar refractivity (Wildman–Crippen MR) is 101 cm³/mol. The molecule has 1 aliphatic heterocycles. The van der Waals surface area contributed by atoms with E-state index in [1.165, 1.54) is 5.56 Å². The Morgan fingerprint density at radius 1 is 1.16 bits per heavy atom. The first-order valence-corrected chi connectivity index (χ1v) is 8.58. The summed E-state index contributed by atoms with van der Waals surface area (Å²) in [6, 6.07) is 6.02. The summed E-state index contributed by atoms with van der Waals surface area (Å²) in [4.78, 5) is 32.7. The van der Waals surface area contributed by atoms with Crippen LogP contribution >= 0.6 is 0 Å². The molecule has 0 radical (unpaired) electrons. The van der Waals surface area contributed by atoms with Crippen molar-refractivity contribution in [3.8, 4) is 0 Å². The van der Waals surface area contributed by atoms with Gasteiger partial charge in [-0.3, -0.25) is 19.7 Å². The van der Waals surface area contributed by atoms with Crippen molar-refractivity contribution in [2.75, 3.05) is 0 Å². The van der Waals surface area contributed by atoms with Crippen LogP contribution in [0.3, 0.4) is 0 Å². The average molecular weight is 343 g/mol. The van der Waals surface area contributed by atoms with Crippen LogP contribution in [-0.4, -0.2) is 17.6 Å². The largest absolute Gasteiger partial charge is 0.296 e. The van der Waals surface area contributed by atoms with Crippen LogP contribution in [-0.2, 0) is 15.0 Å². The lowest BCUT2D eigenvalue weighted by Gasteiger charge is -2.21. The van der Waals surface area contributed by atoms with Gasteiger partial charge in [-0.25, -0.2) is 0 Å². The van der Waals surface area contributed by atoms with Gasteiger partial charge >= 0.3 is 0 Å². The zero-order valence-corrected chi connectivity index (χ0v) is 16.2. The van der Waals surface area contributed by atoms with Crippen molar-refractivity contribution >= 4 is 23.2 Å². The number of Topliss-reactive ketones (excluding diaryl/α,β-unsaturated/α-hetero) is 1. The summed E-state index contributed by atoms with van der Waals surface area (Å²) in [7, 11) is 0. The van der Waals surface area contributed by atoms with Gasteiger partial charge in [0.25, 0.3) is 0 Å². The second kappa shape index (κ2) is 8.24. The number of nitrogens with one attached hydrogen (secondary N) is 1. The predicted octanol–water partition coefficient (Wildman–Crippen LogP) is 4.28. The Kier molecular flexibility index (Phi) is 6.86. The van der Waals surface area contributed by atoms with Crippen LogP contribution in [0, 0.1) is 5.92 Å². The highest BCUT2D eigenvalue weighted by Crippen LogP contribution is 2.27. The van der Waals surface area contributed by atoms with E-state index in [1.54, 1.807) is 6.92 Å². The van der Waals surface area contributed by atoms with E-state index >= 15 is 0 Å². The number of benzene rings is 1. The highest BCUT2D eigenvalue weighted by molar-refractivity contribution is 5.99. The Balaban J connectivity index is 0.000000293. The molecule has 136 valence electrons. The number of imide groups is 1. The first kappa shape index (κ1) is 20.8. The topological polar surface area (TPSA) is 63.2 Å². The van der Waals surface area contributed by atoms with Gasteiger partial charge in [0.05, 0.1) is 0 Å². The molecule has 25 heavy (non-hydrogen) atoms. The summed E-state index contributed by atoms with van der Waals surface area (Å²) in [6.45, 7) is 15.8. The summed E-state index contributed by atoms with van der Waals surface area (Å²) in [5.74, 6) is -0.162. The maximum atomic E-state index is 11.5. The lowest BCUT2D eigenvalue weighted by Crippen LogP contribution is -2.39. The van der Waals surface area contributed by atoms with Gasteiger partial charge in [-0.05, 0) is 36.8 Å². The van der Waals surface area contributed by atoms with Crippen molar-refractivity contribution in [2.24, 2.45) is 5.92 Å². The molecule has 1 atom stereocenters. The number of carbonyl (C=O) groups excluding carboxylic acids is 3. The molecule has 2 amide bonds. The first-order chi connectivity index (χ1) is 11.4. The van der Waals surface area contributed by atoms with Crippen LogP contribution in [0.25, 0.3) is 5.57 Å². The number of ketones is 1. The quantitative estimate of drug-likeness (QED) is 0.644. The van der Waals surface area contributed by atoms with Crippen molar-refractivity contribution in [2.45, 2.75) is 59.8 Å². The SMILES string of the molecule is C=C(C)c1cc(C(C)(C)C)ccc1C(C)=O.CC1CCC(=O)NC1=O. The zero-order valence-electron chi connectivity index (χ0n) is 16.2. The normalized spacial score (nSPS) is 17.3. The van der Waals surface area contributed by atoms with Gasteiger partial charge in [0.2, 0.25) is 11.8 Å². The van der Waals surface area contributed by atoms with Crippen molar-refractivity contribution in [3.05, 3.63) is 41.5 Å². The molecule has 4 heteroatoms. The molecular weight excluding hydrogens is 314 g/mol. The highest BCUT2D eigenvalue weighted by atomic mass is 16.2.